The van der Waals surface area contributed by atoms with E-state index in [0.29, 0.717) is 12.4 Å². The highest BCUT2D eigenvalue weighted by Gasteiger charge is 2.19. The van der Waals surface area contributed by atoms with E-state index in [1.807, 2.05) is 12.1 Å². The van der Waals surface area contributed by atoms with Gasteiger partial charge in [0.2, 0.25) is 5.82 Å². The van der Waals surface area contributed by atoms with E-state index in [4.69, 9.17) is 4.52 Å². The zero-order valence-corrected chi connectivity index (χ0v) is 18.1. The predicted octanol–water partition coefficient (Wildman–Crippen LogP) is 3.43. The molecule has 0 unspecified atom stereocenters. The third kappa shape index (κ3) is 5.19. The Kier molecular flexibility index (Phi) is 6.67. The first-order valence-corrected chi connectivity index (χ1v) is 11.3. The number of hydrogen-bond acceptors (Lipinski definition) is 6. The summed E-state index contributed by atoms with van der Waals surface area (Å²) < 4.78 is 5.20. The molecule has 0 atom stereocenters. The van der Waals surface area contributed by atoms with Gasteiger partial charge in [-0.2, -0.15) is 4.98 Å². The molecule has 0 saturated carbocycles. The number of aromatic nitrogens is 2. The van der Waals surface area contributed by atoms with Crippen molar-refractivity contribution in [2.75, 3.05) is 44.2 Å². The molecule has 1 N–H and O–H groups in total. The van der Waals surface area contributed by atoms with Crippen molar-refractivity contribution in [2.45, 2.75) is 39.5 Å². The fourth-order valence-corrected chi connectivity index (χ4v) is 4.21. The lowest BCUT2D eigenvalue weighted by Crippen LogP contribution is -2.39. The Bertz CT molecular complexity index is 818. The number of nitrogens with one attached hydrogen (secondary N) is 1. The number of likely N-dealkylation sites (tertiary alicyclic amines) is 1. The monoisotopic (exact) mass is 411 g/mol. The highest BCUT2D eigenvalue weighted by Crippen LogP contribution is 2.25. The Balaban J connectivity index is 1.28. The molecule has 162 valence electrons. The summed E-state index contributed by atoms with van der Waals surface area (Å²) in [5.41, 5.74) is 2.08. The van der Waals surface area contributed by atoms with Gasteiger partial charge in [0, 0.05) is 37.4 Å². The van der Waals surface area contributed by atoms with Gasteiger partial charge < -0.3 is 19.6 Å². The van der Waals surface area contributed by atoms with Crippen LogP contribution in [0.3, 0.4) is 0 Å². The molecule has 3 heterocycles. The van der Waals surface area contributed by atoms with Crippen LogP contribution in [-0.4, -0.2) is 60.2 Å². The molecule has 7 heteroatoms. The van der Waals surface area contributed by atoms with E-state index in [0.717, 1.165) is 50.1 Å². The fourth-order valence-electron chi connectivity index (χ4n) is 4.21. The lowest BCUT2D eigenvalue weighted by Gasteiger charge is -2.32. The van der Waals surface area contributed by atoms with Crippen LogP contribution in [0.4, 0.5) is 5.69 Å². The minimum Gasteiger partial charge on any atom is -0.372 e. The molecular weight excluding hydrogens is 378 g/mol. The molecule has 0 aliphatic carbocycles. The predicted molar refractivity (Wildman–Crippen MR) is 118 cm³/mol. The Hall–Kier alpha value is -2.41. The smallest absolute Gasteiger partial charge is 0.316 e. The maximum Gasteiger partial charge on any atom is 0.316 e. The van der Waals surface area contributed by atoms with E-state index in [9.17, 15) is 4.79 Å². The second kappa shape index (κ2) is 9.60. The first kappa shape index (κ1) is 20.8. The summed E-state index contributed by atoms with van der Waals surface area (Å²) in [6.07, 6.45) is 4.94. The molecule has 2 aromatic rings. The molecule has 2 aliphatic heterocycles. The molecule has 1 aromatic heterocycles. The first-order chi connectivity index (χ1) is 14.6. The van der Waals surface area contributed by atoms with Crippen molar-refractivity contribution in [1.29, 1.82) is 0 Å². The summed E-state index contributed by atoms with van der Waals surface area (Å²) in [7, 11) is 0. The van der Waals surface area contributed by atoms with E-state index in [-0.39, 0.29) is 11.8 Å². The molecule has 1 amide bonds. The van der Waals surface area contributed by atoms with Gasteiger partial charge in [-0.1, -0.05) is 19.0 Å². The number of carbonyl (C=O) groups is 1. The Morgan fingerprint density at radius 3 is 2.33 bits per heavy atom. The molecule has 0 radical (unpaired) electrons. The van der Waals surface area contributed by atoms with Crippen LogP contribution < -0.4 is 10.2 Å². The summed E-state index contributed by atoms with van der Waals surface area (Å²) >= 11 is 0. The number of carbonyl (C=O) groups excluding carboxylic acids is 1. The van der Waals surface area contributed by atoms with Crippen LogP contribution in [0.2, 0.25) is 0 Å². The molecule has 4 rings (SSSR count). The topological polar surface area (TPSA) is 74.5 Å². The van der Waals surface area contributed by atoms with E-state index in [1.165, 1.54) is 31.4 Å². The van der Waals surface area contributed by atoms with Gasteiger partial charge in [0.05, 0.1) is 0 Å². The lowest BCUT2D eigenvalue weighted by molar-refractivity contribution is 0.0901. The minimum absolute atomic E-state index is 0.0198. The molecule has 0 bridgehead atoms. The molecule has 2 saturated heterocycles. The zero-order valence-electron chi connectivity index (χ0n) is 18.1. The Morgan fingerprint density at radius 1 is 1.03 bits per heavy atom. The van der Waals surface area contributed by atoms with Crippen LogP contribution in [0.1, 0.15) is 50.2 Å². The average molecular weight is 412 g/mol. The van der Waals surface area contributed by atoms with Crippen LogP contribution in [0.25, 0.3) is 11.4 Å². The molecule has 0 spiro atoms. The number of hydrogen-bond donors (Lipinski definition) is 1. The van der Waals surface area contributed by atoms with Crippen LogP contribution in [0.5, 0.6) is 0 Å². The summed E-state index contributed by atoms with van der Waals surface area (Å²) in [5.74, 6) is 1.78. The number of rotatable bonds is 6. The van der Waals surface area contributed by atoms with E-state index < -0.39 is 0 Å². The van der Waals surface area contributed by atoms with Crippen molar-refractivity contribution >= 4 is 11.6 Å². The van der Waals surface area contributed by atoms with E-state index in [1.54, 1.807) is 0 Å². The minimum atomic E-state index is -0.307. The second-order valence-corrected chi connectivity index (χ2v) is 8.92. The molecule has 7 nitrogen and oxygen atoms in total. The third-order valence-electron chi connectivity index (χ3n) is 6.48. The second-order valence-electron chi connectivity index (χ2n) is 8.92. The fraction of sp³-hybridized carbons (Fsp3) is 0.609. The number of piperidine rings is 2. The first-order valence-electron chi connectivity index (χ1n) is 11.3. The standard InChI is InChI=1S/C23H33N5O2/c1-17-7-12-27(13-8-17)16-11-24-22(29)23-25-21(26-30-23)19-3-5-20(6-4-19)28-14-9-18(2)10-15-28/h3-6,17-18H,7-16H2,1-2H3,(H,24,29). The van der Waals surface area contributed by atoms with Crippen LogP contribution in [0, 0.1) is 11.8 Å². The van der Waals surface area contributed by atoms with Crippen molar-refractivity contribution in [3.8, 4) is 11.4 Å². The average Bonchev–Trinajstić information content (AvgIpc) is 3.26. The number of anilines is 1. The molecule has 30 heavy (non-hydrogen) atoms. The summed E-state index contributed by atoms with van der Waals surface area (Å²) in [6, 6.07) is 8.19. The van der Waals surface area contributed by atoms with Gasteiger partial charge in [-0.05, 0) is 74.9 Å². The van der Waals surface area contributed by atoms with Gasteiger partial charge in [-0.15, -0.1) is 0 Å². The SMILES string of the molecule is CC1CCN(CCNC(=O)c2nc(-c3ccc(N4CCC(C)CC4)cc3)no2)CC1. The largest absolute Gasteiger partial charge is 0.372 e. The molecule has 2 aliphatic rings. The van der Waals surface area contributed by atoms with Crippen molar-refractivity contribution in [2.24, 2.45) is 11.8 Å². The van der Waals surface area contributed by atoms with Crippen LogP contribution >= 0.6 is 0 Å². The number of nitrogens with zero attached hydrogens (tertiary/aromatic N) is 4. The van der Waals surface area contributed by atoms with E-state index >= 15 is 0 Å². The maximum atomic E-state index is 12.3. The molecule has 1 aromatic carbocycles. The van der Waals surface area contributed by atoms with E-state index in [2.05, 4.69) is 51.2 Å². The zero-order chi connectivity index (χ0) is 20.9. The summed E-state index contributed by atoms with van der Waals surface area (Å²) in [4.78, 5) is 21.4. The van der Waals surface area contributed by atoms with Gasteiger partial charge in [-0.3, -0.25) is 4.79 Å². The summed E-state index contributed by atoms with van der Waals surface area (Å²) in [5, 5.41) is 6.89. The molecular formula is C23H33N5O2. The van der Waals surface area contributed by atoms with Gasteiger partial charge in [0.1, 0.15) is 0 Å². The summed E-state index contributed by atoms with van der Waals surface area (Å²) in [6.45, 7) is 10.5. The van der Waals surface area contributed by atoms with Crippen molar-refractivity contribution in [1.82, 2.24) is 20.4 Å². The normalized spacial score (nSPS) is 19.2. The van der Waals surface area contributed by atoms with Gasteiger partial charge in [0.25, 0.3) is 0 Å². The van der Waals surface area contributed by atoms with Gasteiger partial charge >= 0.3 is 11.8 Å². The number of benzene rings is 1. The molecule has 2 fully saturated rings. The highest BCUT2D eigenvalue weighted by atomic mass is 16.5. The van der Waals surface area contributed by atoms with Crippen LogP contribution in [0.15, 0.2) is 28.8 Å². The highest BCUT2D eigenvalue weighted by molar-refractivity contribution is 5.89. The number of amides is 1. The lowest BCUT2D eigenvalue weighted by atomic mass is 9.98. The Labute approximate surface area is 178 Å². The quantitative estimate of drug-likeness (QED) is 0.785. The maximum absolute atomic E-state index is 12.3. The van der Waals surface area contributed by atoms with Gasteiger partial charge in [-0.25, -0.2) is 0 Å². The van der Waals surface area contributed by atoms with Crippen molar-refractivity contribution in [3.63, 3.8) is 0 Å². The third-order valence-corrected chi connectivity index (χ3v) is 6.48. The van der Waals surface area contributed by atoms with Crippen molar-refractivity contribution in [3.05, 3.63) is 30.2 Å². The van der Waals surface area contributed by atoms with Crippen LogP contribution in [-0.2, 0) is 0 Å². The van der Waals surface area contributed by atoms with Crippen molar-refractivity contribution < 1.29 is 9.32 Å². The van der Waals surface area contributed by atoms with Gasteiger partial charge in [0.15, 0.2) is 0 Å². The Morgan fingerprint density at radius 2 is 1.67 bits per heavy atom.